The Morgan fingerprint density at radius 2 is 1.83 bits per heavy atom. The lowest BCUT2D eigenvalue weighted by molar-refractivity contribution is -0.118. The molecule has 1 aliphatic heterocycles. The van der Waals surface area contributed by atoms with Gasteiger partial charge in [0.05, 0.1) is 17.7 Å². The zero-order chi connectivity index (χ0) is 20.7. The number of hydrogen-bond donors (Lipinski definition) is 2. The first kappa shape index (κ1) is 18.6. The first-order valence-corrected chi connectivity index (χ1v) is 9.98. The SMILES string of the molecule is Cc1ccc(NC(=O)C2(c3ccc4c(c3)OCO4)CC2)nc1-c1ccc(CO)cc1. The lowest BCUT2D eigenvalue weighted by Crippen LogP contribution is -2.28. The van der Waals surface area contributed by atoms with E-state index in [1.807, 2.05) is 61.5 Å². The van der Waals surface area contributed by atoms with Gasteiger partial charge in [-0.3, -0.25) is 4.79 Å². The molecule has 2 aliphatic rings. The molecule has 30 heavy (non-hydrogen) atoms. The van der Waals surface area contributed by atoms with E-state index in [2.05, 4.69) is 5.32 Å². The van der Waals surface area contributed by atoms with Crippen LogP contribution in [0.2, 0.25) is 0 Å². The van der Waals surface area contributed by atoms with Gasteiger partial charge in [-0.25, -0.2) is 4.98 Å². The van der Waals surface area contributed by atoms with Crippen LogP contribution in [0.15, 0.2) is 54.6 Å². The molecule has 0 spiro atoms. The molecule has 0 atom stereocenters. The van der Waals surface area contributed by atoms with Crippen molar-refractivity contribution in [3.05, 3.63) is 71.3 Å². The summed E-state index contributed by atoms with van der Waals surface area (Å²) < 4.78 is 10.8. The van der Waals surface area contributed by atoms with Crippen LogP contribution >= 0.6 is 0 Å². The molecule has 5 rings (SSSR count). The fraction of sp³-hybridized carbons (Fsp3) is 0.250. The monoisotopic (exact) mass is 402 g/mol. The summed E-state index contributed by atoms with van der Waals surface area (Å²) in [5, 5.41) is 12.3. The number of carbonyl (C=O) groups excluding carboxylic acids is 1. The number of benzene rings is 2. The molecule has 0 bridgehead atoms. The van der Waals surface area contributed by atoms with Crippen molar-refractivity contribution in [1.82, 2.24) is 4.98 Å². The molecular weight excluding hydrogens is 380 g/mol. The molecule has 152 valence electrons. The number of aromatic nitrogens is 1. The molecule has 0 radical (unpaired) electrons. The van der Waals surface area contributed by atoms with Crippen molar-refractivity contribution in [1.29, 1.82) is 0 Å². The highest BCUT2D eigenvalue weighted by Crippen LogP contribution is 2.51. The van der Waals surface area contributed by atoms with Gasteiger partial charge in [0, 0.05) is 5.56 Å². The van der Waals surface area contributed by atoms with E-state index in [1.54, 1.807) is 0 Å². The van der Waals surface area contributed by atoms with Crippen molar-refractivity contribution in [2.45, 2.75) is 31.8 Å². The number of carbonyl (C=O) groups is 1. The number of ether oxygens (including phenoxy) is 2. The van der Waals surface area contributed by atoms with Crippen LogP contribution in [-0.2, 0) is 16.8 Å². The minimum absolute atomic E-state index is 0.00469. The molecule has 0 unspecified atom stereocenters. The van der Waals surface area contributed by atoms with E-state index in [0.717, 1.165) is 40.8 Å². The van der Waals surface area contributed by atoms with Crippen molar-refractivity contribution >= 4 is 11.7 Å². The maximum atomic E-state index is 13.2. The lowest BCUT2D eigenvalue weighted by Gasteiger charge is -2.17. The summed E-state index contributed by atoms with van der Waals surface area (Å²) in [5.41, 5.74) is 4.01. The number of aryl methyl sites for hydroxylation is 1. The van der Waals surface area contributed by atoms with Gasteiger partial charge in [0.25, 0.3) is 0 Å². The number of amides is 1. The predicted octanol–water partition coefficient (Wildman–Crippen LogP) is 3.95. The van der Waals surface area contributed by atoms with Crippen molar-refractivity contribution in [3.8, 4) is 22.8 Å². The molecule has 1 fully saturated rings. The summed E-state index contributed by atoms with van der Waals surface area (Å²) in [7, 11) is 0. The summed E-state index contributed by atoms with van der Waals surface area (Å²) in [5.74, 6) is 1.87. The second kappa shape index (κ2) is 7.15. The largest absolute Gasteiger partial charge is 0.454 e. The van der Waals surface area contributed by atoms with Gasteiger partial charge in [-0.1, -0.05) is 36.4 Å². The van der Waals surface area contributed by atoms with Gasteiger partial charge >= 0.3 is 0 Å². The maximum Gasteiger partial charge on any atom is 0.236 e. The van der Waals surface area contributed by atoms with Gasteiger partial charge in [-0.15, -0.1) is 0 Å². The summed E-state index contributed by atoms with van der Waals surface area (Å²) in [6.45, 7) is 2.21. The van der Waals surface area contributed by atoms with E-state index in [-0.39, 0.29) is 19.3 Å². The van der Waals surface area contributed by atoms with Gasteiger partial charge in [0.15, 0.2) is 11.5 Å². The molecule has 6 nitrogen and oxygen atoms in total. The van der Waals surface area contributed by atoms with Crippen molar-refractivity contribution < 1.29 is 19.4 Å². The molecule has 1 saturated carbocycles. The fourth-order valence-corrected chi connectivity index (χ4v) is 3.86. The van der Waals surface area contributed by atoms with E-state index in [1.165, 1.54) is 0 Å². The number of pyridine rings is 1. The zero-order valence-electron chi connectivity index (χ0n) is 16.6. The number of anilines is 1. The Kier molecular flexibility index (Phi) is 4.44. The Morgan fingerprint density at radius 1 is 1.07 bits per heavy atom. The second-order valence-electron chi connectivity index (χ2n) is 7.82. The van der Waals surface area contributed by atoms with E-state index in [0.29, 0.717) is 17.3 Å². The number of nitrogens with one attached hydrogen (secondary N) is 1. The molecular formula is C24H22N2O4. The van der Waals surface area contributed by atoms with E-state index in [9.17, 15) is 9.90 Å². The first-order chi connectivity index (χ1) is 14.6. The third-order valence-electron chi connectivity index (χ3n) is 5.86. The van der Waals surface area contributed by atoms with E-state index < -0.39 is 5.41 Å². The number of nitrogens with zero attached hydrogens (tertiary/aromatic N) is 1. The van der Waals surface area contributed by atoms with Crippen LogP contribution in [0.1, 0.15) is 29.5 Å². The highest BCUT2D eigenvalue weighted by Gasteiger charge is 2.51. The van der Waals surface area contributed by atoms with Crippen LogP contribution in [0.3, 0.4) is 0 Å². The normalized spacial score (nSPS) is 15.7. The Balaban J connectivity index is 1.39. The zero-order valence-corrected chi connectivity index (χ0v) is 16.6. The van der Waals surface area contributed by atoms with Gasteiger partial charge in [0.1, 0.15) is 5.82 Å². The van der Waals surface area contributed by atoms with Crippen LogP contribution in [-0.4, -0.2) is 22.8 Å². The van der Waals surface area contributed by atoms with Crippen molar-refractivity contribution in [2.75, 3.05) is 12.1 Å². The molecule has 0 saturated heterocycles. The quantitative estimate of drug-likeness (QED) is 0.676. The Bertz CT molecular complexity index is 1120. The average molecular weight is 402 g/mol. The van der Waals surface area contributed by atoms with Gasteiger partial charge in [-0.2, -0.15) is 0 Å². The summed E-state index contributed by atoms with van der Waals surface area (Å²) in [4.78, 5) is 17.9. The second-order valence-corrected chi connectivity index (χ2v) is 7.82. The Labute approximate surface area is 174 Å². The van der Waals surface area contributed by atoms with Crippen molar-refractivity contribution in [2.24, 2.45) is 0 Å². The average Bonchev–Trinajstić information content (AvgIpc) is 3.46. The number of aliphatic hydroxyl groups excluding tert-OH is 1. The van der Waals surface area contributed by atoms with E-state index in [4.69, 9.17) is 14.5 Å². The van der Waals surface area contributed by atoms with Crippen molar-refractivity contribution in [3.63, 3.8) is 0 Å². The molecule has 2 N–H and O–H groups in total. The van der Waals surface area contributed by atoms with Crippen LogP contribution in [0, 0.1) is 6.92 Å². The third kappa shape index (κ3) is 3.19. The predicted molar refractivity (Wildman–Crippen MR) is 112 cm³/mol. The molecule has 2 aromatic carbocycles. The molecule has 1 aliphatic carbocycles. The summed E-state index contributed by atoms with van der Waals surface area (Å²) in [6.07, 6.45) is 1.58. The number of rotatable bonds is 5. The van der Waals surface area contributed by atoms with Crippen LogP contribution in [0.4, 0.5) is 5.82 Å². The fourth-order valence-electron chi connectivity index (χ4n) is 3.86. The molecule has 6 heteroatoms. The van der Waals surface area contributed by atoms with Crippen LogP contribution in [0.25, 0.3) is 11.3 Å². The maximum absolute atomic E-state index is 13.2. The molecule has 1 aromatic heterocycles. The summed E-state index contributed by atoms with van der Waals surface area (Å²) in [6, 6.07) is 17.1. The molecule has 2 heterocycles. The van der Waals surface area contributed by atoms with E-state index >= 15 is 0 Å². The van der Waals surface area contributed by atoms with Crippen LogP contribution < -0.4 is 14.8 Å². The minimum atomic E-state index is -0.545. The van der Waals surface area contributed by atoms with Gasteiger partial charge < -0.3 is 19.9 Å². The standard InChI is InChI=1S/C24H22N2O4/c1-15-2-9-21(25-22(15)17-5-3-16(13-27)4-6-17)26-23(28)24(10-11-24)18-7-8-19-20(12-18)30-14-29-19/h2-9,12,27H,10-11,13-14H2,1H3,(H,25,26,28). The number of hydrogen-bond acceptors (Lipinski definition) is 5. The molecule has 3 aromatic rings. The Morgan fingerprint density at radius 3 is 2.57 bits per heavy atom. The lowest BCUT2D eigenvalue weighted by atomic mass is 9.94. The van der Waals surface area contributed by atoms with Gasteiger partial charge in [0.2, 0.25) is 12.7 Å². The van der Waals surface area contributed by atoms with Crippen LogP contribution in [0.5, 0.6) is 11.5 Å². The number of fused-ring (bicyclic) bond motifs is 1. The molecule has 1 amide bonds. The topological polar surface area (TPSA) is 80.7 Å². The first-order valence-electron chi connectivity index (χ1n) is 9.98. The third-order valence-corrected chi connectivity index (χ3v) is 5.86. The van der Waals surface area contributed by atoms with Gasteiger partial charge in [-0.05, 0) is 54.7 Å². The Hall–Kier alpha value is -3.38. The minimum Gasteiger partial charge on any atom is -0.454 e. The number of aliphatic hydroxyl groups is 1. The summed E-state index contributed by atoms with van der Waals surface area (Å²) >= 11 is 0. The highest BCUT2D eigenvalue weighted by molar-refractivity contribution is 6.01. The smallest absolute Gasteiger partial charge is 0.236 e. The highest BCUT2D eigenvalue weighted by atomic mass is 16.7.